The minimum atomic E-state index is -0.130. The molecule has 1 aliphatic rings. The molecule has 1 amide bonds. The molecule has 1 aliphatic heterocycles. The molecule has 0 saturated carbocycles. The first-order valence-corrected chi connectivity index (χ1v) is 7.29. The average molecular weight is 295 g/mol. The molecule has 21 heavy (non-hydrogen) atoms. The van der Waals surface area contributed by atoms with Gasteiger partial charge >= 0.3 is 0 Å². The first-order chi connectivity index (χ1) is 10.2. The molecule has 1 N–H and O–H groups in total. The predicted octanol–water partition coefficient (Wildman–Crippen LogP) is 3.28. The number of nitrogens with zero attached hydrogens (tertiary/aromatic N) is 2. The highest BCUT2D eigenvalue weighted by molar-refractivity contribution is 8.18. The summed E-state index contributed by atoms with van der Waals surface area (Å²) in [5, 5.41) is 3.37. The fourth-order valence-corrected chi connectivity index (χ4v) is 2.67. The zero-order valence-electron chi connectivity index (χ0n) is 11.4. The number of rotatable bonds is 2. The molecule has 0 radical (unpaired) electrons. The van der Waals surface area contributed by atoms with Crippen LogP contribution in [0.25, 0.3) is 6.08 Å². The highest BCUT2D eigenvalue weighted by Gasteiger charge is 2.23. The number of nitrogens with one attached hydrogen (secondary N) is 1. The predicted molar refractivity (Wildman–Crippen MR) is 86.2 cm³/mol. The number of pyridine rings is 1. The van der Waals surface area contributed by atoms with E-state index in [-0.39, 0.29) is 5.91 Å². The first kappa shape index (κ1) is 13.6. The molecule has 2 heterocycles. The number of hydrogen-bond donors (Lipinski definition) is 1. The molecule has 104 valence electrons. The Balaban J connectivity index is 1.81. The molecule has 0 atom stereocenters. The van der Waals surface area contributed by atoms with Gasteiger partial charge in [-0.05, 0) is 48.5 Å². The van der Waals surface area contributed by atoms with Gasteiger partial charge in [0.2, 0.25) is 0 Å². The summed E-state index contributed by atoms with van der Waals surface area (Å²) in [5.41, 5.74) is 2.90. The monoisotopic (exact) mass is 295 g/mol. The third kappa shape index (κ3) is 3.38. The Morgan fingerprint density at radius 3 is 2.76 bits per heavy atom. The van der Waals surface area contributed by atoms with Crippen molar-refractivity contribution in [1.82, 2.24) is 10.3 Å². The number of thioether (sulfide) groups is 1. The number of aliphatic imine (C=N–C) groups is 1. The third-order valence-electron chi connectivity index (χ3n) is 2.90. The molecule has 0 spiro atoms. The van der Waals surface area contributed by atoms with Crippen molar-refractivity contribution >= 4 is 34.6 Å². The zero-order valence-corrected chi connectivity index (χ0v) is 12.2. The smallest absolute Gasteiger partial charge is 0.264 e. The van der Waals surface area contributed by atoms with E-state index in [0.29, 0.717) is 10.1 Å². The van der Waals surface area contributed by atoms with Gasteiger partial charge in [0.25, 0.3) is 5.91 Å². The molecule has 2 aromatic rings. The van der Waals surface area contributed by atoms with Gasteiger partial charge in [0.1, 0.15) is 0 Å². The summed E-state index contributed by atoms with van der Waals surface area (Å²) in [6.45, 7) is 2.03. The minimum absolute atomic E-state index is 0.130. The molecule has 0 unspecified atom stereocenters. The van der Waals surface area contributed by atoms with Crippen LogP contribution >= 0.6 is 11.8 Å². The van der Waals surface area contributed by atoms with Crippen molar-refractivity contribution in [3.05, 3.63) is 64.8 Å². The molecule has 1 aromatic carbocycles. The van der Waals surface area contributed by atoms with E-state index in [2.05, 4.69) is 15.3 Å². The zero-order chi connectivity index (χ0) is 14.7. The molecule has 1 saturated heterocycles. The van der Waals surface area contributed by atoms with E-state index in [1.807, 2.05) is 49.4 Å². The van der Waals surface area contributed by atoms with Gasteiger partial charge in [0, 0.05) is 12.4 Å². The Bertz CT molecular complexity index is 721. The van der Waals surface area contributed by atoms with E-state index in [9.17, 15) is 4.79 Å². The third-order valence-corrected chi connectivity index (χ3v) is 3.81. The van der Waals surface area contributed by atoms with Gasteiger partial charge in [-0.3, -0.25) is 9.78 Å². The summed E-state index contributed by atoms with van der Waals surface area (Å²) in [7, 11) is 0. The molecule has 4 nitrogen and oxygen atoms in total. The molecular weight excluding hydrogens is 282 g/mol. The number of carbonyl (C=O) groups excluding carboxylic acids is 1. The van der Waals surface area contributed by atoms with Crippen molar-refractivity contribution in [3.63, 3.8) is 0 Å². The number of hydrogen-bond acceptors (Lipinski definition) is 4. The topological polar surface area (TPSA) is 54.4 Å². The Hall–Kier alpha value is -2.40. The summed E-state index contributed by atoms with van der Waals surface area (Å²) < 4.78 is 0. The normalized spacial score (nSPS) is 18.2. The van der Waals surface area contributed by atoms with Crippen LogP contribution in [-0.4, -0.2) is 16.1 Å². The van der Waals surface area contributed by atoms with Gasteiger partial charge in [-0.25, -0.2) is 4.99 Å². The number of aryl methyl sites for hydroxylation is 1. The fraction of sp³-hybridized carbons (Fsp3) is 0.0625. The van der Waals surface area contributed by atoms with Gasteiger partial charge in [0.15, 0.2) is 5.17 Å². The maximum absolute atomic E-state index is 11.9. The fourth-order valence-electron chi connectivity index (χ4n) is 1.83. The van der Waals surface area contributed by atoms with Crippen molar-refractivity contribution < 1.29 is 4.79 Å². The highest BCUT2D eigenvalue weighted by atomic mass is 32.2. The molecule has 1 aromatic heterocycles. The van der Waals surface area contributed by atoms with Crippen LogP contribution in [0.1, 0.15) is 11.1 Å². The van der Waals surface area contributed by atoms with Crippen molar-refractivity contribution in [2.75, 3.05) is 0 Å². The van der Waals surface area contributed by atoms with Crippen molar-refractivity contribution in [3.8, 4) is 0 Å². The van der Waals surface area contributed by atoms with Crippen LogP contribution in [0, 0.1) is 6.92 Å². The first-order valence-electron chi connectivity index (χ1n) is 6.47. The summed E-state index contributed by atoms with van der Waals surface area (Å²) in [6, 6.07) is 11.6. The molecular formula is C16H13N3OS. The van der Waals surface area contributed by atoms with Gasteiger partial charge in [0.05, 0.1) is 10.6 Å². The number of benzene rings is 1. The van der Waals surface area contributed by atoms with E-state index in [1.54, 1.807) is 12.4 Å². The van der Waals surface area contributed by atoms with Crippen LogP contribution in [0.3, 0.4) is 0 Å². The van der Waals surface area contributed by atoms with Crippen LogP contribution < -0.4 is 5.32 Å². The average Bonchev–Trinajstić information content (AvgIpc) is 2.82. The Labute approximate surface area is 127 Å². The number of amides is 1. The van der Waals surface area contributed by atoms with Gasteiger partial charge < -0.3 is 5.32 Å². The van der Waals surface area contributed by atoms with Crippen LogP contribution in [0.5, 0.6) is 0 Å². The van der Waals surface area contributed by atoms with E-state index < -0.39 is 0 Å². The second-order valence-corrected chi connectivity index (χ2v) is 5.63. The Kier molecular flexibility index (Phi) is 3.83. The van der Waals surface area contributed by atoms with E-state index in [4.69, 9.17) is 0 Å². The second-order valence-electron chi connectivity index (χ2n) is 4.60. The standard InChI is InChI=1S/C16H13N3OS/c1-11-4-6-13(7-5-11)18-16-19-15(20)14(21-16)9-12-3-2-8-17-10-12/h2-10H,1H3,(H,18,19,20). The highest BCUT2D eigenvalue weighted by Crippen LogP contribution is 2.27. The lowest BCUT2D eigenvalue weighted by molar-refractivity contribution is -0.115. The van der Waals surface area contributed by atoms with Crippen LogP contribution in [0.2, 0.25) is 0 Å². The van der Waals surface area contributed by atoms with E-state index >= 15 is 0 Å². The molecule has 3 rings (SSSR count). The summed E-state index contributed by atoms with van der Waals surface area (Å²) in [5.74, 6) is -0.130. The minimum Gasteiger partial charge on any atom is -0.300 e. The largest absolute Gasteiger partial charge is 0.300 e. The van der Waals surface area contributed by atoms with Gasteiger partial charge in [-0.1, -0.05) is 23.8 Å². The SMILES string of the molecule is Cc1ccc(N=C2NC(=O)C(=Cc3cccnc3)S2)cc1. The molecule has 0 aliphatic carbocycles. The van der Waals surface area contributed by atoms with Crippen LogP contribution in [-0.2, 0) is 4.79 Å². The van der Waals surface area contributed by atoms with Gasteiger partial charge in [-0.2, -0.15) is 0 Å². The van der Waals surface area contributed by atoms with Crippen molar-refractivity contribution in [2.45, 2.75) is 6.92 Å². The summed E-state index contributed by atoms with van der Waals surface area (Å²) in [6.07, 6.45) is 5.23. The van der Waals surface area contributed by atoms with Crippen LogP contribution in [0.15, 0.2) is 58.7 Å². The summed E-state index contributed by atoms with van der Waals surface area (Å²) in [4.78, 5) is 21.0. The van der Waals surface area contributed by atoms with Crippen molar-refractivity contribution in [2.24, 2.45) is 4.99 Å². The van der Waals surface area contributed by atoms with Crippen LogP contribution in [0.4, 0.5) is 5.69 Å². The Morgan fingerprint density at radius 2 is 2.05 bits per heavy atom. The van der Waals surface area contributed by atoms with Gasteiger partial charge in [-0.15, -0.1) is 0 Å². The van der Waals surface area contributed by atoms with E-state index in [0.717, 1.165) is 11.3 Å². The Morgan fingerprint density at radius 1 is 1.24 bits per heavy atom. The lowest BCUT2D eigenvalue weighted by atomic mass is 10.2. The number of amidine groups is 1. The number of carbonyl (C=O) groups is 1. The lowest BCUT2D eigenvalue weighted by Crippen LogP contribution is -2.19. The number of aromatic nitrogens is 1. The summed E-state index contributed by atoms with van der Waals surface area (Å²) >= 11 is 1.34. The maximum atomic E-state index is 11.9. The maximum Gasteiger partial charge on any atom is 0.264 e. The van der Waals surface area contributed by atoms with Crippen molar-refractivity contribution in [1.29, 1.82) is 0 Å². The molecule has 0 bridgehead atoms. The molecule has 1 fully saturated rings. The quantitative estimate of drug-likeness (QED) is 0.865. The second kappa shape index (κ2) is 5.93. The lowest BCUT2D eigenvalue weighted by Gasteiger charge is -1.96. The van der Waals surface area contributed by atoms with E-state index in [1.165, 1.54) is 17.3 Å². The molecule has 5 heteroatoms.